The van der Waals surface area contributed by atoms with Gasteiger partial charge in [-0.25, -0.2) is 4.39 Å². The number of nitrogens with zero attached hydrogens (tertiary/aromatic N) is 1. The van der Waals surface area contributed by atoms with E-state index in [-0.39, 0.29) is 18.0 Å². The van der Waals surface area contributed by atoms with Crippen LogP contribution in [-0.2, 0) is 0 Å². The van der Waals surface area contributed by atoms with Crippen molar-refractivity contribution >= 4 is 0 Å². The summed E-state index contributed by atoms with van der Waals surface area (Å²) in [5, 5.41) is 0. The molecule has 1 heterocycles. The third-order valence-electron chi connectivity index (χ3n) is 1.99. The first-order valence-corrected chi connectivity index (χ1v) is 5.13. The molecule has 0 aliphatic heterocycles. The van der Waals surface area contributed by atoms with Gasteiger partial charge in [-0.15, -0.1) is 0 Å². The van der Waals surface area contributed by atoms with Gasteiger partial charge in [0.25, 0.3) is 0 Å². The number of rotatable bonds is 4. The molecule has 0 N–H and O–H groups in total. The zero-order valence-electron chi connectivity index (χ0n) is 8.87. The second-order valence-electron chi connectivity index (χ2n) is 3.93. The Kier molecular flexibility index (Phi) is 2.75. The van der Waals surface area contributed by atoms with Crippen LogP contribution < -0.4 is 9.47 Å². The first-order chi connectivity index (χ1) is 7.16. The van der Waals surface area contributed by atoms with E-state index in [0.29, 0.717) is 5.75 Å². The number of hydrogen-bond acceptors (Lipinski definition) is 3. The van der Waals surface area contributed by atoms with Crippen LogP contribution in [0.25, 0.3) is 0 Å². The molecular weight excluding hydrogens is 197 g/mol. The van der Waals surface area contributed by atoms with Gasteiger partial charge in [0, 0.05) is 0 Å². The van der Waals surface area contributed by atoms with E-state index in [1.54, 1.807) is 0 Å². The molecule has 4 heteroatoms. The van der Waals surface area contributed by atoms with Gasteiger partial charge in [-0.05, 0) is 26.7 Å². The lowest BCUT2D eigenvalue weighted by Crippen LogP contribution is -2.09. The van der Waals surface area contributed by atoms with Gasteiger partial charge in [-0.3, -0.25) is 4.98 Å². The molecule has 1 aliphatic carbocycles. The van der Waals surface area contributed by atoms with Crippen molar-refractivity contribution in [1.82, 2.24) is 4.98 Å². The first kappa shape index (κ1) is 10.2. The maximum Gasteiger partial charge on any atom is 0.200 e. The Balaban J connectivity index is 2.21. The van der Waals surface area contributed by atoms with Gasteiger partial charge in [0.1, 0.15) is 0 Å². The second kappa shape index (κ2) is 4.04. The molecule has 1 aromatic heterocycles. The van der Waals surface area contributed by atoms with E-state index in [2.05, 4.69) is 4.98 Å². The highest BCUT2D eigenvalue weighted by molar-refractivity contribution is 5.38. The highest BCUT2D eigenvalue weighted by Crippen LogP contribution is 2.34. The second-order valence-corrected chi connectivity index (χ2v) is 3.93. The lowest BCUT2D eigenvalue weighted by molar-refractivity contribution is 0.206. The summed E-state index contributed by atoms with van der Waals surface area (Å²) < 4.78 is 24.3. The van der Waals surface area contributed by atoms with Crippen LogP contribution in [0.15, 0.2) is 12.4 Å². The highest BCUT2D eigenvalue weighted by atomic mass is 19.1. The SMILES string of the molecule is CC(C)Oc1c(F)cncc1OC1CC1. The summed E-state index contributed by atoms with van der Waals surface area (Å²) in [6.07, 6.45) is 4.82. The molecule has 0 atom stereocenters. The minimum atomic E-state index is -0.471. The van der Waals surface area contributed by atoms with Crippen molar-refractivity contribution in [2.45, 2.75) is 38.9 Å². The van der Waals surface area contributed by atoms with Gasteiger partial charge in [-0.2, -0.15) is 0 Å². The largest absolute Gasteiger partial charge is 0.485 e. The van der Waals surface area contributed by atoms with Gasteiger partial charge in [0.15, 0.2) is 11.6 Å². The van der Waals surface area contributed by atoms with Crippen LogP contribution in [0.3, 0.4) is 0 Å². The number of ether oxygens (including phenoxy) is 2. The molecule has 2 rings (SSSR count). The number of halogens is 1. The fourth-order valence-electron chi connectivity index (χ4n) is 1.20. The molecule has 0 saturated heterocycles. The van der Waals surface area contributed by atoms with Gasteiger partial charge in [-0.1, -0.05) is 0 Å². The predicted molar refractivity (Wildman–Crippen MR) is 53.6 cm³/mol. The van der Waals surface area contributed by atoms with Gasteiger partial charge < -0.3 is 9.47 Å². The Morgan fingerprint density at radius 1 is 1.40 bits per heavy atom. The molecule has 0 spiro atoms. The molecule has 1 aromatic rings. The van der Waals surface area contributed by atoms with Crippen molar-refractivity contribution in [1.29, 1.82) is 0 Å². The molecule has 0 unspecified atom stereocenters. The quantitative estimate of drug-likeness (QED) is 0.767. The fourth-order valence-corrected chi connectivity index (χ4v) is 1.20. The maximum absolute atomic E-state index is 13.4. The molecule has 1 fully saturated rings. The average molecular weight is 211 g/mol. The zero-order valence-corrected chi connectivity index (χ0v) is 8.87. The van der Waals surface area contributed by atoms with Crippen LogP contribution in [0.5, 0.6) is 11.5 Å². The highest BCUT2D eigenvalue weighted by Gasteiger charge is 2.26. The molecular formula is C11H14FNO2. The molecule has 0 aromatic carbocycles. The number of aromatic nitrogens is 1. The molecule has 3 nitrogen and oxygen atoms in total. The van der Waals surface area contributed by atoms with Crippen LogP contribution in [0.4, 0.5) is 4.39 Å². The minimum Gasteiger partial charge on any atom is -0.485 e. The van der Waals surface area contributed by atoms with Crippen molar-refractivity contribution in [3.05, 3.63) is 18.2 Å². The van der Waals surface area contributed by atoms with Crippen LogP contribution in [-0.4, -0.2) is 17.2 Å². The monoisotopic (exact) mass is 211 g/mol. The Morgan fingerprint density at radius 3 is 2.73 bits per heavy atom. The molecule has 0 radical (unpaired) electrons. The van der Waals surface area contributed by atoms with Crippen LogP contribution in [0.1, 0.15) is 26.7 Å². The number of hydrogen-bond donors (Lipinski definition) is 0. The standard InChI is InChI=1S/C11H14FNO2/c1-7(2)14-11-9(12)5-13-6-10(11)15-8-3-4-8/h5-8H,3-4H2,1-2H3. The van der Waals surface area contributed by atoms with Crippen LogP contribution >= 0.6 is 0 Å². The third-order valence-corrected chi connectivity index (χ3v) is 1.99. The molecule has 15 heavy (non-hydrogen) atoms. The normalized spacial score (nSPS) is 15.5. The van der Waals surface area contributed by atoms with Crippen LogP contribution in [0.2, 0.25) is 0 Å². The van der Waals surface area contributed by atoms with Crippen molar-refractivity contribution < 1.29 is 13.9 Å². The van der Waals surface area contributed by atoms with Crippen molar-refractivity contribution in [3.8, 4) is 11.5 Å². The van der Waals surface area contributed by atoms with Crippen LogP contribution in [0, 0.1) is 5.82 Å². The van der Waals surface area contributed by atoms with Gasteiger partial charge >= 0.3 is 0 Å². The minimum absolute atomic E-state index is 0.0801. The molecule has 1 saturated carbocycles. The summed E-state index contributed by atoms with van der Waals surface area (Å²) >= 11 is 0. The third kappa shape index (κ3) is 2.58. The van der Waals surface area contributed by atoms with E-state index >= 15 is 0 Å². The molecule has 1 aliphatic rings. The molecule has 82 valence electrons. The lowest BCUT2D eigenvalue weighted by Gasteiger charge is -2.14. The smallest absolute Gasteiger partial charge is 0.200 e. The number of pyridine rings is 1. The van der Waals surface area contributed by atoms with E-state index in [9.17, 15) is 4.39 Å². The zero-order chi connectivity index (χ0) is 10.8. The average Bonchev–Trinajstić information content (AvgIpc) is 2.94. The Hall–Kier alpha value is -1.32. The first-order valence-electron chi connectivity index (χ1n) is 5.13. The predicted octanol–water partition coefficient (Wildman–Crippen LogP) is 2.55. The van der Waals surface area contributed by atoms with E-state index in [1.165, 1.54) is 6.20 Å². The maximum atomic E-state index is 13.4. The van der Waals surface area contributed by atoms with Crippen molar-refractivity contribution in [2.75, 3.05) is 0 Å². The van der Waals surface area contributed by atoms with E-state index in [1.807, 2.05) is 13.8 Å². The Morgan fingerprint density at radius 2 is 2.13 bits per heavy atom. The van der Waals surface area contributed by atoms with Gasteiger partial charge in [0.05, 0.1) is 24.6 Å². The lowest BCUT2D eigenvalue weighted by atomic mass is 10.4. The summed E-state index contributed by atoms with van der Waals surface area (Å²) in [4.78, 5) is 3.75. The molecule has 0 bridgehead atoms. The summed E-state index contributed by atoms with van der Waals surface area (Å²) in [6.45, 7) is 3.70. The van der Waals surface area contributed by atoms with Crippen molar-refractivity contribution in [3.63, 3.8) is 0 Å². The fraction of sp³-hybridized carbons (Fsp3) is 0.545. The Labute approximate surface area is 88.2 Å². The van der Waals surface area contributed by atoms with Crippen molar-refractivity contribution in [2.24, 2.45) is 0 Å². The summed E-state index contributed by atoms with van der Waals surface area (Å²) in [6, 6.07) is 0. The van der Waals surface area contributed by atoms with E-state index in [0.717, 1.165) is 19.0 Å². The van der Waals surface area contributed by atoms with E-state index < -0.39 is 5.82 Å². The topological polar surface area (TPSA) is 31.4 Å². The Bertz CT molecular complexity index is 350. The summed E-state index contributed by atoms with van der Waals surface area (Å²) in [5.41, 5.74) is 0. The summed E-state index contributed by atoms with van der Waals surface area (Å²) in [7, 11) is 0. The summed E-state index contributed by atoms with van der Waals surface area (Å²) in [5.74, 6) is 0.111. The molecule has 0 amide bonds. The van der Waals surface area contributed by atoms with Gasteiger partial charge in [0.2, 0.25) is 5.75 Å². The van der Waals surface area contributed by atoms with E-state index in [4.69, 9.17) is 9.47 Å².